The number of hydrogen-bond acceptors (Lipinski definition) is 3. The summed E-state index contributed by atoms with van der Waals surface area (Å²) in [6.07, 6.45) is 4.04. The van der Waals surface area contributed by atoms with Crippen LogP contribution in [0.2, 0.25) is 0 Å². The number of rotatable bonds is 2. The third kappa shape index (κ3) is 2.17. The molecule has 1 saturated carbocycles. The standard InChI is InChI=1S/C17H22N2O2/c1-12-4-2-5-13(10-12)15-18-17(7-8-17)16(20)19(15)14-6-3-9-21-11-14/h2,4-5,10,14-15,18H,3,6-9,11H2,1H3. The maximum atomic E-state index is 12.9. The van der Waals surface area contributed by atoms with Crippen molar-refractivity contribution < 1.29 is 9.53 Å². The quantitative estimate of drug-likeness (QED) is 0.905. The van der Waals surface area contributed by atoms with Gasteiger partial charge in [0, 0.05) is 6.61 Å². The Hall–Kier alpha value is -1.39. The maximum Gasteiger partial charge on any atom is 0.244 e. The molecule has 1 amide bonds. The third-order valence-electron chi connectivity index (χ3n) is 4.97. The molecule has 1 spiro atoms. The Morgan fingerprint density at radius 3 is 2.90 bits per heavy atom. The maximum absolute atomic E-state index is 12.9. The molecule has 1 N–H and O–H groups in total. The zero-order valence-corrected chi connectivity index (χ0v) is 12.5. The van der Waals surface area contributed by atoms with Crippen LogP contribution in [0.3, 0.4) is 0 Å². The molecule has 21 heavy (non-hydrogen) atoms. The molecule has 1 aromatic rings. The Morgan fingerprint density at radius 2 is 2.24 bits per heavy atom. The first-order chi connectivity index (χ1) is 10.2. The van der Waals surface area contributed by atoms with E-state index in [0.717, 1.165) is 32.3 Å². The van der Waals surface area contributed by atoms with E-state index in [4.69, 9.17) is 4.74 Å². The monoisotopic (exact) mass is 286 g/mol. The summed E-state index contributed by atoms with van der Waals surface area (Å²) in [5, 5.41) is 3.60. The summed E-state index contributed by atoms with van der Waals surface area (Å²) < 4.78 is 5.62. The molecule has 2 heterocycles. The van der Waals surface area contributed by atoms with Gasteiger partial charge in [0.2, 0.25) is 5.91 Å². The Labute approximate surface area is 125 Å². The van der Waals surface area contributed by atoms with Crippen molar-refractivity contribution in [2.75, 3.05) is 13.2 Å². The van der Waals surface area contributed by atoms with Crippen molar-refractivity contribution in [2.24, 2.45) is 0 Å². The zero-order valence-electron chi connectivity index (χ0n) is 12.5. The van der Waals surface area contributed by atoms with Gasteiger partial charge in [-0.05, 0) is 38.2 Å². The fourth-order valence-corrected chi connectivity index (χ4v) is 3.64. The van der Waals surface area contributed by atoms with Crippen LogP contribution in [0, 0.1) is 6.92 Å². The highest BCUT2D eigenvalue weighted by molar-refractivity contribution is 5.92. The van der Waals surface area contributed by atoms with E-state index < -0.39 is 0 Å². The van der Waals surface area contributed by atoms with E-state index in [-0.39, 0.29) is 23.7 Å². The SMILES string of the molecule is Cc1cccc(C2NC3(CC3)C(=O)N2C2CCCOC2)c1. The van der Waals surface area contributed by atoms with Gasteiger partial charge in [0.05, 0.1) is 12.6 Å². The van der Waals surface area contributed by atoms with E-state index in [2.05, 4.69) is 41.4 Å². The summed E-state index contributed by atoms with van der Waals surface area (Å²) in [7, 11) is 0. The van der Waals surface area contributed by atoms with Crippen molar-refractivity contribution in [3.8, 4) is 0 Å². The predicted octanol–water partition coefficient (Wildman–Crippen LogP) is 2.14. The molecule has 1 aromatic carbocycles. The summed E-state index contributed by atoms with van der Waals surface area (Å²) in [4.78, 5) is 14.9. The molecule has 3 fully saturated rings. The second-order valence-corrected chi connectivity index (χ2v) is 6.63. The van der Waals surface area contributed by atoms with E-state index in [0.29, 0.717) is 6.61 Å². The number of amides is 1. The van der Waals surface area contributed by atoms with Crippen LogP contribution in [-0.4, -0.2) is 35.6 Å². The van der Waals surface area contributed by atoms with Crippen molar-refractivity contribution in [2.45, 2.75) is 50.4 Å². The lowest BCUT2D eigenvalue weighted by atomic mass is 10.0. The van der Waals surface area contributed by atoms with Gasteiger partial charge >= 0.3 is 0 Å². The first-order valence-corrected chi connectivity index (χ1v) is 7.94. The second-order valence-electron chi connectivity index (χ2n) is 6.63. The van der Waals surface area contributed by atoms with Gasteiger partial charge < -0.3 is 9.64 Å². The van der Waals surface area contributed by atoms with Crippen LogP contribution in [0.5, 0.6) is 0 Å². The normalized spacial score (nSPS) is 30.9. The van der Waals surface area contributed by atoms with Crippen LogP contribution in [0.4, 0.5) is 0 Å². The van der Waals surface area contributed by atoms with E-state index in [1.165, 1.54) is 11.1 Å². The van der Waals surface area contributed by atoms with Crippen LogP contribution >= 0.6 is 0 Å². The number of carbonyl (C=O) groups is 1. The van der Waals surface area contributed by atoms with E-state index in [1.807, 2.05) is 0 Å². The Balaban J connectivity index is 1.68. The van der Waals surface area contributed by atoms with Gasteiger partial charge in [0.15, 0.2) is 0 Å². The largest absolute Gasteiger partial charge is 0.379 e. The van der Waals surface area contributed by atoms with Crippen LogP contribution < -0.4 is 5.32 Å². The van der Waals surface area contributed by atoms with E-state index >= 15 is 0 Å². The average Bonchev–Trinajstić information content (AvgIpc) is 3.22. The molecule has 0 radical (unpaired) electrons. The summed E-state index contributed by atoms with van der Waals surface area (Å²) in [6, 6.07) is 8.69. The predicted molar refractivity (Wildman–Crippen MR) is 79.7 cm³/mol. The van der Waals surface area contributed by atoms with Crippen molar-refractivity contribution >= 4 is 5.91 Å². The van der Waals surface area contributed by atoms with Crippen molar-refractivity contribution in [1.29, 1.82) is 0 Å². The number of benzene rings is 1. The Bertz CT molecular complexity index is 562. The fourth-order valence-electron chi connectivity index (χ4n) is 3.64. The summed E-state index contributed by atoms with van der Waals surface area (Å²) >= 11 is 0. The number of nitrogens with zero attached hydrogens (tertiary/aromatic N) is 1. The Morgan fingerprint density at radius 1 is 1.38 bits per heavy atom. The molecule has 4 rings (SSSR count). The smallest absolute Gasteiger partial charge is 0.244 e. The van der Waals surface area contributed by atoms with Gasteiger partial charge in [-0.3, -0.25) is 10.1 Å². The number of hydrogen-bond donors (Lipinski definition) is 1. The molecule has 4 heteroatoms. The summed E-state index contributed by atoms with van der Waals surface area (Å²) in [6.45, 7) is 3.60. The fraction of sp³-hybridized carbons (Fsp3) is 0.588. The van der Waals surface area contributed by atoms with Gasteiger partial charge in [-0.25, -0.2) is 0 Å². The van der Waals surface area contributed by atoms with Crippen LogP contribution in [0.25, 0.3) is 0 Å². The first kappa shape index (κ1) is 13.3. The Kier molecular flexibility index (Phi) is 3.05. The lowest BCUT2D eigenvalue weighted by Gasteiger charge is -2.35. The van der Waals surface area contributed by atoms with Crippen LogP contribution in [-0.2, 0) is 9.53 Å². The number of ether oxygens (including phenoxy) is 1. The van der Waals surface area contributed by atoms with Crippen LogP contribution in [0.15, 0.2) is 24.3 Å². The number of carbonyl (C=O) groups excluding carboxylic acids is 1. The molecular formula is C17H22N2O2. The minimum Gasteiger partial charge on any atom is -0.379 e. The first-order valence-electron chi connectivity index (χ1n) is 7.94. The van der Waals surface area contributed by atoms with E-state index in [9.17, 15) is 4.79 Å². The van der Waals surface area contributed by atoms with Gasteiger partial charge in [-0.1, -0.05) is 29.8 Å². The molecule has 0 bridgehead atoms. The minimum atomic E-state index is -0.272. The third-order valence-corrected chi connectivity index (χ3v) is 4.97. The molecule has 112 valence electrons. The lowest BCUT2D eigenvalue weighted by molar-refractivity contribution is -0.136. The highest BCUT2D eigenvalue weighted by atomic mass is 16.5. The summed E-state index contributed by atoms with van der Waals surface area (Å²) in [5.41, 5.74) is 2.15. The molecule has 2 atom stereocenters. The highest BCUT2D eigenvalue weighted by Crippen LogP contribution is 2.47. The molecule has 1 aliphatic carbocycles. The number of aryl methyl sites for hydroxylation is 1. The molecule has 3 aliphatic rings. The van der Waals surface area contributed by atoms with Gasteiger partial charge in [-0.2, -0.15) is 0 Å². The van der Waals surface area contributed by atoms with Crippen molar-refractivity contribution in [3.05, 3.63) is 35.4 Å². The molecular weight excluding hydrogens is 264 g/mol. The number of nitrogens with one attached hydrogen (secondary N) is 1. The topological polar surface area (TPSA) is 41.6 Å². The zero-order chi connectivity index (χ0) is 14.4. The van der Waals surface area contributed by atoms with Gasteiger partial charge in [-0.15, -0.1) is 0 Å². The molecule has 2 saturated heterocycles. The average molecular weight is 286 g/mol. The minimum absolute atomic E-state index is 0.00611. The highest BCUT2D eigenvalue weighted by Gasteiger charge is 2.60. The lowest BCUT2D eigenvalue weighted by Crippen LogP contribution is -2.45. The summed E-state index contributed by atoms with van der Waals surface area (Å²) in [5.74, 6) is 0.282. The van der Waals surface area contributed by atoms with Gasteiger partial charge in [0.1, 0.15) is 11.7 Å². The molecule has 0 aromatic heterocycles. The molecule has 2 unspecified atom stereocenters. The van der Waals surface area contributed by atoms with Crippen molar-refractivity contribution in [1.82, 2.24) is 10.2 Å². The van der Waals surface area contributed by atoms with Crippen LogP contribution in [0.1, 0.15) is 43.0 Å². The second kappa shape index (κ2) is 4.82. The molecule has 2 aliphatic heterocycles. The van der Waals surface area contributed by atoms with Crippen molar-refractivity contribution in [3.63, 3.8) is 0 Å². The van der Waals surface area contributed by atoms with E-state index in [1.54, 1.807) is 0 Å². The van der Waals surface area contributed by atoms with Gasteiger partial charge in [0.25, 0.3) is 0 Å². The molecule has 4 nitrogen and oxygen atoms in total.